The van der Waals surface area contributed by atoms with Gasteiger partial charge in [-0.2, -0.15) is 0 Å². The standard InChI is InChI=1S/C19H25N3O3/c1-24-11-3-9-21-17-12-16(13-20-14-17)19(23)22-10-8-15-4-6-18(25-2)7-5-15/h4-7,12-14,21H,3,8-11H2,1-2H3,(H,22,23). The van der Waals surface area contributed by atoms with Crippen molar-refractivity contribution < 1.29 is 14.3 Å². The second-order valence-corrected chi connectivity index (χ2v) is 5.59. The molecule has 2 aromatic rings. The molecule has 0 aliphatic carbocycles. The highest BCUT2D eigenvalue weighted by Crippen LogP contribution is 2.12. The van der Waals surface area contributed by atoms with Gasteiger partial charge < -0.3 is 20.1 Å². The first-order valence-electron chi connectivity index (χ1n) is 8.32. The topological polar surface area (TPSA) is 72.5 Å². The zero-order valence-corrected chi connectivity index (χ0v) is 14.7. The van der Waals surface area contributed by atoms with Gasteiger partial charge in [-0.3, -0.25) is 9.78 Å². The van der Waals surface area contributed by atoms with Gasteiger partial charge in [-0.05, 0) is 36.6 Å². The second kappa shape index (κ2) is 10.3. The lowest BCUT2D eigenvalue weighted by molar-refractivity contribution is 0.0954. The van der Waals surface area contributed by atoms with E-state index in [1.807, 2.05) is 30.3 Å². The molecule has 0 fully saturated rings. The molecule has 0 spiro atoms. The average Bonchev–Trinajstić information content (AvgIpc) is 2.66. The summed E-state index contributed by atoms with van der Waals surface area (Å²) in [5.41, 5.74) is 2.53. The van der Waals surface area contributed by atoms with E-state index in [1.165, 1.54) is 0 Å². The van der Waals surface area contributed by atoms with Crippen LogP contribution in [0, 0.1) is 0 Å². The largest absolute Gasteiger partial charge is 0.497 e. The lowest BCUT2D eigenvalue weighted by atomic mass is 10.1. The van der Waals surface area contributed by atoms with Crippen LogP contribution in [0.4, 0.5) is 5.69 Å². The number of nitrogens with zero attached hydrogens (tertiary/aromatic N) is 1. The number of pyridine rings is 1. The third-order valence-corrected chi connectivity index (χ3v) is 3.71. The summed E-state index contributed by atoms with van der Waals surface area (Å²) >= 11 is 0. The van der Waals surface area contributed by atoms with Crippen molar-refractivity contribution in [1.82, 2.24) is 10.3 Å². The van der Waals surface area contributed by atoms with Gasteiger partial charge in [0.15, 0.2) is 0 Å². The molecular weight excluding hydrogens is 318 g/mol. The molecular formula is C19H25N3O3. The summed E-state index contributed by atoms with van der Waals surface area (Å²) in [6.45, 7) is 2.04. The summed E-state index contributed by atoms with van der Waals surface area (Å²) in [7, 11) is 3.32. The third kappa shape index (κ3) is 6.43. The number of methoxy groups -OCH3 is 2. The Morgan fingerprint density at radius 3 is 2.64 bits per heavy atom. The van der Waals surface area contributed by atoms with Crippen LogP contribution in [0.3, 0.4) is 0 Å². The first-order chi connectivity index (χ1) is 12.2. The number of carbonyl (C=O) groups is 1. The lowest BCUT2D eigenvalue weighted by Crippen LogP contribution is -2.25. The Balaban J connectivity index is 1.79. The van der Waals surface area contributed by atoms with Crippen molar-refractivity contribution in [1.29, 1.82) is 0 Å². The molecule has 25 heavy (non-hydrogen) atoms. The van der Waals surface area contributed by atoms with Gasteiger partial charge in [-0.1, -0.05) is 12.1 Å². The minimum atomic E-state index is -0.124. The summed E-state index contributed by atoms with van der Waals surface area (Å²) in [5, 5.41) is 6.15. The van der Waals surface area contributed by atoms with Crippen LogP contribution >= 0.6 is 0 Å². The van der Waals surface area contributed by atoms with Crippen LogP contribution in [0.5, 0.6) is 5.75 Å². The number of anilines is 1. The number of aromatic nitrogens is 1. The third-order valence-electron chi connectivity index (χ3n) is 3.71. The molecule has 0 aliphatic rings. The fourth-order valence-corrected chi connectivity index (χ4v) is 2.32. The van der Waals surface area contributed by atoms with Crippen LogP contribution in [0.1, 0.15) is 22.3 Å². The molecule has 1 amide bonds. The maximum atomic E-state index is 12.2. The molecule has 0 saturated heterocycles. The van der Waals surface area contributed by atoms with E-state index < -0.39 is 0 Å². The number of hydrogen-bond acceptors (Lipinski definition) is 5. The minimum Gasteiger partial charge on any atom is -0.497 e. The maximum absolute atomic E-state index is 12.2. The number of hydrogen-bond donors (Lipinski definition) is 2. The number of benzene rings is 1. The van der Waals surface area contributed by atoms with Gasteiger partial charge in [0.2, 0.25) is 0 Å². The Bertz CT molecular complexity index is 659. The summed E-state index contributed by atoms with van der Waals surface area (Å²) in [5.74, 6) is 0.704. The van der Waals surface area contributed by atoms with Gasteiger partial charge in [-0.15, -0.1) is 0 Å². The van der Waals surface area contributed by atoms with Gasteiger partial charge >= 0.3 is 0 Å². The van der Waals surface area contributed by atoms with Gasteiger partial charge in [0, 0.05) is 39.2 Å². The van der Waals surface area contributed by atoms with Crippen molar-refractivity contribution in [3.63, 3.8) is 0 Å². The van der Waals surface area contributed by atoms with Gasteiger partial charge in [0.1, 0.15) is 5.75 Å². The van der Waals surface area contributed by atoms with Crippen LogP contribution in [0.2, 0.25) is 0 Å². The number of ether oxygens (including phenoxy) is 2. The number of amides is 1. The number of carbonyl (C=O) groups excluding carboxylic acids is 1. The van der Waals surface area contributed by atoms with E-state index in [-0.39, 0.29) is 5.91 Å². The molecule has 0 aliphatic heterocycles. The first kappa shape index (κ1) is 18.7. The van der Waals surface area contributed by atoms with E-state index in [9.17, 15) is 4.79 Å². The van der Waals surface area contributed by atoms with Crippen molar-refractivity contribution in [2.24, 2.45) is 0 Å². The Morgan fingerprint density at radius 2 is 1.92 bits per heavy atom. The van der Waals surface area contributed by atoms with Crippen LogP contribution in [-0.4, -0.2) is 44.8 Å². The van der Waals surface area contributed by atoms with E-state index in [2.05, 4.69) is 15.6 Å². The van der Waals surface area contributed by atoms with Gasteiger partial charge in [0.05, 0.1) is 18.4 Å². The van der Waals surface area contributed by atoms with Crippen LogP contribution < -0.4 is 15.4 Å². The summed E-state index contributed by atoms with van der Waals surface area (Å²) < 4.78 is 10.1. The van der Waals surface area contributed by atoms with E-state index in [0.29, 0.717) is 18.7 Å². The highest BCUT2D eigenvalue weighted by molar-refractivity contribution is 5.94. The Morgan fingerprint density at radius 1 is 1.12 bits per heavy atom. The Labute approximate surface area is 148 Å². The highest BCUT2D eigenvalue weighted by atomic mass is 16.5. The monoisotopic (exact) mass is 343 g/mol. The maximum Gasteiger partial charge on any atom is 0.252 e. The number of nitrogens with one attached hydrogen (secondary N) is 2. The fourth-order valence-electron chi connectivity index (χ4n) is 2.32. The minimum absolute atomic E-state index is 0.124. The van der Waals surface area contributed by atoms with E-state index in [4.69, 9.17) is 9.47 Å². The van der Waals surface area contributed by atoms with Crippen molar-refractivity contribution in [2.45, 2.75) is 12.8 Å². The molecule has 0 saturated carbocycles. The van der Waals surface area contributed by atoms with Crippen LogP contribution in [0.15, 0.2) is 42.7 Å². The average molecular weight is 343 g/mol. The molecule has 6 heteroatoms. The Hall–Kier alpha value is -2.60. The van der Waals surface area contributed by atoms with Crippen LogP contribution in [-0.2, 0) is 11.2 Å². The predicted octanol–water partition coefficient (Wildman–Crippen LogP) is 2.51. The molecule has 0 bridgehead atoms. The molecule has 0 radical (unpaired) electrons. The lowest BCUT2D eigenvalue weighted by Gasteiger charge is -2.09. The molecule has 1 aromatic carbocycles. The summed E-state index contributed by atoms with van der Waals surface area (Å²) in [6, 6.07) is 9.64. The van der Waals surface area contributed by atoms with Crippen LogP contribution in [0.25, 0.3) is 0 Å². The van der Waals surface area contributed by atoms with E-state index >= 15 is 0 Å². The molecule has 2 rings (SSSR count). The van der Waals surface area contributed by atoms with E-state index in [1.54, 1.807) is 26.6 Å². The highest BCUT2D eigenvalue weighted by Gasteiger charge is 2.06. The molecule has 0 unspecified atom stereocenters. The molecule has 2 N–H and O–H groups in total. The first-order valence-corrected chi connectivity index (χ1v) is 8.32. The predicted molar refractivity (Wildman–Crippen MR) is 98.3 cm³/mol. The zero-order chi connectivity index (χ0) is 17.9. The van der Waals surface area contributed by atoms with Crippen molar-refractivity contribution in [3.05, 3.63) is 53.9 Å². The zero-order valence-electron chi connectivity index (χ0n) is 14.7. The Kier molecular flexibility index (Phi) is 7.72. The second-order valence-electron chi connectivity index (χ2n) is 5.59. The summed E-state index contributed by atoms with van der Waals surface area (Å²) in [4.78, 5) is 16.4. The van der Waals surface area contributed by atoms with Crippen molar-refractivity contribution in [2.75, 3.05) is 39.2 Å². The van der Waals surface area contributed by atoms with Crippen molar-refractivity contribution in [3.8, 4) is 5.75 Å². The van der Waals surface area contributed by atoms with Gasteiger partial charge in [0.25, 0.3) is 5.91 Å². The van der Waals surface area contributed by atoms with Crippen molar-refractivity contribution >= 4 is 11.6 Å². The SMILES string of the molecule is COCCCNc1cncc(C(=O)NCCc2ccc(OC)cc2)c1. The quantitative estimate of drug-likeness (QED) is 0.649. The van der Waals surface area contributed by atoms with Gasteiger partial charge in [-0.25, -0.2) is 0 Å². The molecule has 1 heterocycles. The number of rotatable bonds is 10. The smallest absolute Gasteiger partial charge is 0.252 e. The molecule has 0 atom stereocenters. The molecule has 1 aromatic heterocycles. The normalized spacial score (nSPS) is 10.3. The molecule has 6 nitrogen and oxygen atoms in total. The molecule has 134 valence electrons. The fraction of sp³-hybridized carbons (Fsp3) is 0.368. The van der Waals surface area contributed by atoms with E-state index in [0.717, 1.165) is 36.4 Å². The summed E-state index contributed by atoms with van der Waals surface area (Å²) in [6.07, 6.45) is 4.94.